The molecule has 1 aromatic heterocycles. The zero-order valence-corrected chi connectivity index (χ0v) is 20.4. The number of aromatic nitrogens is 2. The van der Waals surface area contributed by atoms with Crippen LogP contribution in [-0.2, 0) is 18.4 Å². The topological polar surface area (TPSA) is 64.5 Å². The Balaban J connectivity index is 1.22. The number of β-amino-alcohol motifs (C(OH)–C–C–N with tert-alkyl or cyclic N) is 1. The van der Waals surface area contributed by atoms with Gasteiger partial charge in [0.25, 0.3) is 0 Å². The van der Waals surface area contributed by atoms with Crippen LogP contribution in [0.2, 0.25) is 0 Å². The van der Waals surface area contributed by atoms with Crippen LogP contribution in [0.1, 0.15) is 43.9 Å². The highest BCUT2D eigenvalue weighted by molar-refractivity contribution is 5.60. The van der Waals surface area contributed by atoms with Gasteiger partial charge in [0, 0.05) is 44.0 Å². The van der Waals surface area contributed by atoms with Crippen LogP contribution in [0.15, 0.2) is 60.9 Å². The lowest BCUT2D eigenvalue weighted by Crippen LogP contribution is -2.55. The normalized spacial score (nSPS) is 21.2. The predicted molar refractivity (Wildman–Crippen MR) is 138 cm³/mol. The number of aliphatic hydroxyl groups is 1. The van der Waals surface area contributed by atoms with Crippen molar-refractivity contribution < 1.29 is 5.11 Å². The smallest absolute Gasteiger partial charge is 0.135 e. The Morgan fingerprint density at radius 2 is 1.74 bits per heavy atom. The van der Waals surface area contributed by atoms with Gasteiger partial charge in [0.2, 0.25) is 0 Å². The summed E-state index contributed by atoms with van der Waals surface area (Å²) in [6.07, 6.45) is 3.17. The van der Waals surface area contributed by atoms with E-state index >= 15 is 0 Å². The Kier molecular flexibility index (Phi) is 6.28. The number of anilines is 3. The lowest BCUT2D eigenvalue weighted by atomic mass is 9.87. The Morgan fingerprint density at radius 1 is 0.971 bits per heavy atom. The highest BCUT2D eigenvalue weighted by atomic mass is 16.3. The van der Waals surface area contributed by atoms with Crippen LogP contribution in [0.3, 0.4) is 0 Å². The first-order chi connectivity index (χ1) is 16.4. The number of benzene rings is 2. The van der Waals surface area contributed by atoms with Crippen LogP contribution in [0.4, 0.5) is 17.3 Å². The van der Waals surface area contributed by atoms with Crippen LogP contribution in [0, 0.1) is 0 Å². The van der Waals surface area contributed by atoms with E-state index in [2.05, 4.69) is 94.4 Å². The van der Waals surface area contributed by atoms with Gasteiger partial charge in [0.15, 0.2) is 0 Å². The number of nitrogens with zero attached hydrogens (tertiary/aromatic N) is 4. The second-order valence-corrected chi connectivity index (χ2v) is 10.6. The van der Waals surface area contributed by atoms with E-state index in [-0.39, 0.29) is 11.5 Å². The minimum absolute atomic E-state index is 0.130. The molecule has 6 heteroatoms. The molecule has 1 unspecified atom stereocenters. The van der Waals surface area contributed by atoms with Gasteiger partial charge in [0.1, 0.15) is 18.0 Å². The maximum Gasteiger partial charge on any atom is 0.135 e. The van der Waals surface area contributed by atoms with Crippen LogP contribution in [0.5, 0.6) is 0 Å². The third-order valence-corrected chi connectivity index (χ3v) is 7.18. The average Bonchev–Trinajstić information content (AvgIpc) is 2.84. The summed E-state index contributed by atoms with van der Waals surface area (Å²) in [5, 5.41) is 14.4. The number of rotatable bonds is 4. The van der Waals surface area contributed by atoms with Gasteiger partial charge >= 0.3 is 0 Å². The minimum atomic E-state index is -0.407. The molecule has 178 valence electrons. The predicted octanol–water partition coefficient (Wildman–Crippen LogP) is 4.52. The molecule has 2 aliphatic rings. The van der Waals surface area contributed by atoms with Crippen LogP contribution in [-0.4, -0.2) is 51.8 Å². The van der Waals surface area contributed by atoms with Gasteiger partial charge in [-0.2, -0.15) is 0 Å². The standard InChI is InChI=1S/C28H35N5O/c1-28(2,3)22-8-10-23(11-9-22)31-26-16-27(30-19-29-26)33-15-13-24(25(34)18-33)32-14-12-20-6-4-5-7-21(20)17-32/h4-11,16,19,24-25,34H,12-15,17-18H2,1-3H3,(H,29,30,31)/t24?,25-/m0/s1. The summed E-state index contributed by atoms with van der Waals surface area (Å²) in [6.45, 7) is 10.0. The van der Waals surface area contributed by atoms with Crippen molar-refractivity contribution in [3.8, 4) is 0 Å². The van der Waals surface area contributed by atoms with Gasteiger partial charge in [-0.05, 0) is 47.1 Å². The first kappa shape index (κ1) is 22.8. The molecular formula is C28H35N5O. The highest BCUT2D eigenvalue weighted by Crippen LogP contribution is 2.28. The fourth-order valence-corrected chi connectivity index (χ4v) is 5.14. The Labute approximate surface area is 202 Å². The van der Waals surface area contributed by atoms with E-state index in [1.54, 1.807) is 6.33 Å². The third kappa shape index (κ3) is 4.93. The largest absolute Gasteiger partial charge is 0.390 e. The summed E-state index contributed by atoms with van der Waals surface area (Å²) < 4.78 is 0. The lowest BCUT2D eigenvalue weighted by Gasteiger charge is -2.43. The minimum Gasteiger partial charge on any atom is -0.390 e. The molecule has 0 aliphatic carbocycles. The maximum atomic E-state index is 11.1. The second kappa shape index (κ2) is 9.35. The molecule has 0 bridgehead atoms. The van der Waals surface area contributed by atoms with Crippen molar-refractivity contribution in [2.45, 2.75) is 57.7 Å². The van der Waals surface area contributed by atoms with Crippen LogP contribution in [0.25, 0.3) is 0 Å². The van der Waals surface area contributed by atoms with Crippen molar-refractivity contribution in [3.63, 3.8) is 0 Å². The van der Waals surface area contributed by atoms with E-state index in [1.807, 2.05) is 6.07 Å². The van der Waals surface area contributed by atoms with Crippen molar-refractivity contribution in [3.05, 3.63) is 77.6 Å². The molecule has 1 saturated heterocycles. The van der Waals surface area contributed by atoms with E-state index in [0.717, 1.165) is 49.8 Å². The van der Waals surface area contributed by atoms with E-state index in [1.165, 1.54) is 16.7 Å². The van der Waals surface area contributed by atoms with Crippen LogP contribution < -0.4 is 10.2 Å². The van der Waals surface area contributed by atoms with Crippen molar-refractivity contribution in [2.24, 2.45) is 0 Å². The van der Waals surface area contributed by atoms with Gasteiger partial charge in [0.05, 0.1) is 6.10 Å². The SMILES string of the molecule is CC(C)(C)c1ccc(Nc2cc(N3CCC(N4CCc5ccccc5C4)[C@@H](O)C3)ncn2)cc1. The summed E-state index contributed by atoms with van der Waals surface area (Å²) >= 11 is 0. The number of fused-ring (bicyclic) bond motifs is 1. The molecule has 0 amide bonds. The summed E-state index contributed by atoms with van der Waals surface area (Å²) in [6, 6.07) is 19.3. The third-order valence-electron chi connectivity index (χ3n) is 7.18. The van der Waals surface area contributed by atoms with Crippen molar-refractivity contribution in [1.82, 2.24) is 14.9 Å². The average molecular weight is 458 g/mol. The molecule has 0 radical (unpaired) electrons. The van der Waals surface area contributed by atoms with Gasteiger partial charge in [-0.15, -0.1) is 0 Å². The van der Waals surface area contributed by atoms with Gasteiger partial charge in [-0.25, -0.2) is 9.97 Å². The zero-order chi connectivity index (χ0) is 23.7. The lowest BCUT2D eigenvalue weighted by molar-refractivity contribution is 0.0293. The first-order valence-electron chi connectivity index (χ1n) is 12.3. The number of hydrogen-bond acceptors (Lipinski definition) is 6. The van der Waals surface area contributed by atoms with E-state index < -0.39 is 6.10 Å². The Morgan fingerprint density at radius 3 is 2.47 bits per heavy atom. The Hall–Kier alpha value is -2.96. The molecule has 3 heterocycles. The molecule has 2 aromatic carbocycles. The molecule has 6 nitrogen and oxygen atoms in total. The number of aliphatic hydroxyl groups excluding tert-OH is 1. The zero-order valence-electron chi connectivity index (χ0n) is 20.4. The molecular weight excluding hydrogens is 422 g/mol. The van der Waals surface area contributed by atoms with Crippen molar-refractivity contribution in [2.75, 3.05) is 29.9 Å². The first-order valence-corrected chi connectivity index (χ1v) is 12.3. The number of hydrogen-bond donors (Lipinski definition) is 2. The molecule has 2 aliphatic heterocycles. The Bertz CT molecular complexity index is 1120. The summed E-state index contributed by atoms with van der Waals surface area (Å²) in [4.78, 5) is 13.5. The summed E-state index contributed by atoms with van der Waals surface area (Å²) in [7, 11) is 0. The fourth-order valence-electron chi connectivity index (χ4n) is 5.14. The summed E-state index contributed by atoms with van der Waals surface area (Å²) in [5.74, 6) is 1.61. The van der Waals surface area contributed by atoms with E-state index in [9.17, 15) is 5.11 Å². The van der Waals surface area contributed by atoms with Crippen LogP contribution >= 0.6 is 0 Å². The van der Waals surface area contributed by atoms with Gasteiger partial charge in [-0.1, -0.05) is 57.2 Å². The molecule has 0 saturated carbocycles. The molecule has 3 aromatic rings. The molecule has 2 atom stereocenters. The number of nitrogens with one attached hydrogen (secondary N) is 1. The quantitative estimate of drug-likeness (QED) is 0.601. The molecule has 0 spiro atoms. The van der Waals surface area contributed by atoms with Gasteiger partial charge < -0.3 is 15.3 Å². The van der Waals surface area contributed by atoms with Crippen molar-refractivity contribution in [1.29, 1.82) is 0 Å². The molecule has 2 N–H and O–H groups in total. The van der Waals surface area contributed by atoms with Gasteiger partial charge in [-0.3, -0.25) is 4.90 Å². The highest BCUT2D eigenvalue weighted by Gasteiger charge is 2.34. The molecule has 1 fully saturated rings. The van der Waals surface area contributed by atoms with E-state index in [4.69, 9.17) is 0 Å². The van der Waals surface area contributed by atoms with Crippen molar-refractivity contribution >= 4 is 17.3 Å². The summed E-state index contributed by atoms with van der Waals surface area (Å²) in [5.41, 5.74) is 5.27. The monoisotopic (exact) mass is 457 g/mol. The van der Waals surface area contributed by atoms with E-state index in [0.29, 0.717) is 6.54 Å². The fraction of sp³-hybridized carbons (Fsp3) is 0.429. The number of piperidine rings is 1. The maximum absolute atomic E-state index is 11.1. The molecule has 34 heavy (non-hydrogen) atoms. The molecule has 5 rings (SSSR count). The second-order valence-electron chi connectivity index (χ2n) is 10.6.